The fraction of sp³-hybridized carbons (Fsp3) is 0.846. The summed E-state index contributed by atoms with van der Waals surface area (Å²) in [6, 6.07) is 0. The monoisotopic (exact) mass is 338 g/mol. The highest BCUT2D eigenvalue weighted by Crippen LogP contribution is 2.09. The quantitative estimate of drug-likeness (QED) is 0.487. The van der Waals surface area contributed by atoms with Gasteiger partial charge in [-0.15, -0.1) is 24.0 Å². The molecule has 0 spiro atoms. The van der Waals surface area contributed by atoms with Crippen LogP contribution >= 0.6 is 24.0 Å². The lowest BCUT2D eigenvalue weighted by Gasteiger charge is -2.17. The second-order valence-electron chi connectivity index (χ2n) is 4.63. The van der Waals surface area contributed by atoms with Gasteiger partial charge in [0, 0.05) is 26.0 Å². The summed E-state index contributed by atoms with van der Waals surface area (Å²) in [6.45, 7) is 4.58. The van der Waals surface area contributed by atoms with Crippen molar-refractivity contribution in [2.45, 2.75) is 51.9 Å². The second-order valence-corrected chi connectivity index (χ2v) is 4.63. The molecule has 16 heavy (non-hydrogen) atoms. The summed E-state index contributed by atoms with van der Waals surface area (Å²) in [4.78, 5) is 4.62. The van der Waals surface area contributed by atoms with Crippen molar-refractivity contribution < 1.29 is 0 Å². The van der Waals surface area contributed by atoms with Gasteiger partial charge >= 0.3 is 0 Å². The van der Waals surface area contributed by atoms with Crippen LogP contribution in [-0.4, -0.2) is 30.1 Å². The predicted molar refractivity (Wildman–Crippen MR) is 81.9 cm³/mol. The molecular formula is C13H27IN2. The lowest BCUT2D eigenvalue weighted by molar-refractivity contribution is 0.290. The van der Waals surface area contributed by atoms with E-state index in [2.05, 4.69) is 36.2 Å². The fourth-order valence-corrected chi connectivity index (χ4v) is 2.01. The molecule has 0 unspecified atom stereocenters. The van der Waals surface area contributed by atoms with E-state index in [-0.39, 0.29) is 24.0 Å². The molecule has 0 aliphatic carbocycles. The third kappa shape index (κ3) is 7.36. The highest BCUT2D eigenvalue weighted by atomic mass is 127. The van der Waals surface area contributed by atoms with Crippen molar-refractivity contribution in [3.63, 3.8) is 0 Å². The van der Waals surface area contributed by atoms with E-state index in [1.165, 1.54) is 51.5 Å². The van der Waals surface area contributed by atoms with Gasteiger partial charge in [-0.1, -0.05) is 45.4 Å². The molecule has 1 heterocycles. The molecule has 0 bridgehead atoms. The van der Waals surface area contributed by atoms with E-state index in [4.69, 9.17) is 0 Å². The molecule has 0 saturated carbocycles. The zero-order chi connectivity index (χ0) is 10.9. The van der Waals surface area contributed by atoms with Crippen LogP contribution in [-0.2, 0) is 0 Å². The molecule has 0 saturated heterocycles. The van der Waals surface area contributed by atoms with Crippen molar-refractivity contribution >= 4 is 24.0 Å². The number of rotatable bonds is 8. The topological polar surface area (TPSA) is 6.48 Å². The maximum atomic E-state index is 2.39. The molecule has 0 aromatic rings. The molecule has 96 valence electrons. The van der Waals surface area contributed by atoms with Gasteiger partial charge < -0.3 is 9.80 Å². The Labute approximate surface area is 118 Å². The van der Waals surface area contributed by atoms with Crippen molar-refractivity contribution in [2.75, 3.05) is 20.3 Å². The minimum absolute atomic E-state index is 0. The first-order chi connectivity index (χ1) is 7.33. The Kier molecular flexibility index (Phi) is 10.3. The molecule has 3 heteroatoms. The highest BCUT2D eigenvalue weighted by molar-refractivity contribution is 14.0. The lowest BCUT2D eigenvalue weighted by Crippen LogP contribution is -2.23. The van der Waals surface area contributed by atoms with E-state index < -0.39 is 0 Å². The summed E-state index contributed by atoms with van der Waals surface area (Å²) in [6.07, 6.45) is 14.2. The normalized spacial score (nSPS) is 14.4. The van der Waals surface area contributed by atoms with Crippen LogP contribution in [0, 0.1) is 0 Å². The molecule has 0 aromatic carbocycles. The summed E-state index contributed by atoms with van der Waals surface area (Å²) in [7, 11) is 2.13. The summed E-state index contributed by atoms with van der Waals surface area (Å²) >= 11 is 0. The average molecular weight is 338 g/mol. The maximum Gasteiger partial charge on any atom is 0.0890 e. The Bertz CT molecular complexity index is 183. The van der Waals surface area contributed by atoms with E-state index in [0.29, 0.717) is 0 Å². The molecule has 1 aliphatic heterocycles. The highest BCUT2D eigenvalue weighted by Gasteiger charge is 2.06. The minimum atomic E-state index is 0. The Hall–Kier alpha value is 0.0700. The van der Waals surface area contributed by atoms with Crippen LogP contribution < -0.4 is 0 Å². The summed E-state index contributed by atoms with van der Waals surface area (Å²) in [5.41, 5.74) is 0. The third-order valence-electron chi connectivity index (χ3n) is 2.99. The molecule has 0 N–H and O–H groups in total. The number of hydrogen-bond acceptors (Lipinski definition) is 2. The Balaban J connectivity index is 0.00000225. The smallest absolute Gasteiger partial charge is 0.0890 e. The van der Waals surface area contributed by atoms with E-state index in [1.807, 2.05) is 0 Å². The average Bonchev–Trinajstić information content (AvgIpc) is 2.63. The summed E-state index contributed by atoms with van der Waals surface area (Å²) in [5.74, 6) is 0. The first kappa shape index (κ1) is 16.1. The molecule has 0 aromatic heterocycles. The zero-order valence-electron chi connectivity index (χ0n) is 10.8. The van der Waals surface area contributed by atoms with Crippen molar-refractivity contribution in [3.05, 3.63) is 12.4 Å². The van der Waals surface area contributed by atoms with Gasteiger partial charge in [0.15, 0.2) is 0 Å². The number of halogens is 1. The molecule has 1 aliphatic rings. The zero-order valence-corrected chi connectivity index (χ0v) is 13.2. The Morgan fingerprint density at radius 2 is 1.56 bits per heavy atom. The molecular weight excluding hydrogens is 311 g/mol. The van der Waals surface area contributed by atoms with Crippen molar-refractivity contribution in [2.24, 2.45) is 0 Å². The van der Waals surface area contributed by atoms with Crippen LogP contribution in [0.15, 0.2) is 12.4 Å². The van der Waals surface area contributed by atoms with Gasteiger partial charge in [0.2, 0.25) is 0 Å². The number of hydrogen-bond donors (Lipinski definition) is 0. The van der Waals surface area contributed by atoms with Crippen LogP contribution in [0.3, 0.4) is 0 Å². The van der Waals surface area contributed by atoms with Gasteiger partial charge in [0.05, 0.1) is 6.67 Å². The van der Waals surface area contributed by atoms with Crippen molar-refractivity contribution in [3.8, 4) is 0 Å². The fourth-order valence-electron chi connectivity index (χ4n) is 2.01. The molecule has 0 amide bonds. The first-order valence-electron chi connectivity index (χ1n) is 6.45. The Morgan fingerprint density at radius 3 is 2.12 bits per heavy atom. The summed E-state index contributed by atoms with van der Waals surface area (Å²) in [5, 5.41) is 0. The van der Waals surface area contributed by atoms with Crippen LogP contribution in [0.4, 0.5) is 0 Å². The standard InChI is InChI=1S/C13H26N2.HI/c1-3-4-5-6-7-8-9-10-15-12-11-14(2)13-15;/h11-12H,3-10,13H2,1-2H3;1H. The molecule has 0 atom stereocenters. The predicted octanol–water partition coefficient (Wildman–Crippen LogP) is 4.03. The lowest BCUT2D eigenvalue weighted by atomic mass is 10.1. The van der Waals surface area contributed by atoms with Gasteiger partial charge in [-0.3, -0.25) is 0 Å². The van der Waals surface area contributed by atoms with Crippen LogP contribution in [0.1, 0.15) is 51.9 Å². The van der Waals surface area contributed by atoms with Crippen molar-refractivity contribution in [1.82, 2.24) is 9.80 Å². The number of unbranched alkanes of at least 4 members (excludes halogenated alkanes) is 6. The minimum Gasteiger partial charge on any atom is -0.362 e. The van der Waals surface area contributed by atoms with Gasteiger partial charge in [0.1, 0.15) is 0 Å². The Morgan fingerprint density at radius 1 is 0.938 bits per heavy atom. The number of nitrogens with zero attached hydrogens (tertiary/aromatic N) is 2. The van der Waals surface area contributed by atoms with Gasteiger partial charge in [-0.25, -0.2) is 0 Å². The van der Waals surface area contributed by atoms with E-state index >= 15 is 0 Å². The van der Waals surface area contributed by atoms with E-state index in [9.17, 15) is 0 Å². The largest absolute Gasteiger partial charge is 0.362 e. The van der Waals surface area contributed by atoms with Gasteiger partial charge in [0.25, 0.3) is 0 Å². The second kappa shape index (κ2) is 10.2. The van der Waals surface area contributed by atoms with E-state index in [1.54, 1.807) is 0 Å². The summed E-state index contributed by atoms with van der Waals surface area (Å²) < 4.78 is 0. The SMILES string of the molecule is CCCCCCCCCN1C=CN(C)C1.I. The van der Waals surface area contributed by atoms with Gasteiger partial charge in [-0.05, 0) is 6.42 Å². The van der Waals surface area contributed by atoms with E-state index in [0.717, 1.165) is 6.67 Å². The molecule has 1 rings (SSSR count). The van der Waals surface area contributed by atoms with Crippen LogP contribution in [0.25, 0.3) is 0 Å². The van der Waals surface area contributed by atoms with Crippen molar-refractivity contribution in [1.29, 1.82) is 0 Å². The van der Waals surface area contributed by atoms with Crippen LogP contribution in [0.2, 0.25) is 0 Å². The first-order valence-corrected chi connectivity index (χ1v) is 6.45. The molecule has 0 radical (unpaired) electrons. The van der Waals surface area contributed by atoms with Gasteiger partial charge in [-0.2, -0.15) is 0 Å². The third-order valence-corrected chi connectivity index (χ3v) is 2.99. The maximum absolute atomic E-state index is 2.39. The van der Waals surface area contributed by atoms with Crippen LogP contribution in [0.5, 0.6) is 0 Å². The molecule has 2 nitrogen and oxygen atoms in total. The molecule has 0 fully saturated rings.